The normalized spacial score (nSPS) is 14.9. The van der Waals surface area contributed by atoms with Gasteiger partial charge in [-0.3, -0.25) is 0 Å². The number of nitrogens with one attached hydrogen (secondary N) is 1. The van der Waals surface area contributed by atoms with Crippen molar-refractivity contribution in [2.75, 3.05) is 31.5 Å². The third-order valence-electron chi connectivity index (χ3n) is 3.23. The Kier molecular flexibility index (Phi) is 7.20. The molecule has 6 nitrogen and oxygen atoms in total. The fourth-order valence-corrected chi connectivity index (χ4v) is 2.82. The van der Waals surface area contributed by atoms with Gasteiger partial charge in [-0.2, -0.15) is 5.26 Å². The summed E-state index contributed by atoms with van der Waals surface area (Å²) in [6.45, 7) is 4.79. The molecule has 3 rings (SSSR count). The summed E-state index contributed by atoms with van der Waals surface area (Å²) < 4.78 is 0. The van der Waals surface area contributed by atoms with Crippen molar-refractivity contribution in [2.24, 2.45) is 0 Å². The Hall–Kier alpha value is -0.568. The molecule has 2 aromatic rings. The molecule has 0 spiro atoms. The number of hydrogen-bond donors (Lipinski definition) is 1. The maximum Gasteiger partial charge on any atom is 0.189 e. The van der Waals surface area contributed by atoms with Gasteiger partial charge in [-0.05, 0) is 30.8 Å². The van der Waals surface area contributed by atoms with Gasteiger partial charge in [-0.25, -0.2) is 9.97 Å². The van der Waals surface area contributed by atoms with Crippen LogP contribution in [0.25, 0.3) is 5.32 Å². The first-order valence-corrected chi connectivity index (χ1v) is 7.58. The number of anilines is 2. The number of hydrogen-bond acceptors (Lipinski definition) is 6. The van der Waals surface area contributed by atoms with E-state index in [1.807, 2.05) is 12.1 Å². The van der Waals surface area contributed by atoms with Crippen LogP contribution in [0.1, 0.15) is 10.4 Å². The summed E-state index contributed by atoms with van der Waals surface area (Å²) in [6, 6.07) is 6.13. The van der Waals surface area contributed by atoms with Crippen LogP contribution in [-0.2, 0) is 6.54 Å². The second kappa shape index (κ2) is 8.91. The van der Waals surface area contributed by atoms with E-state index in [2.05, 4.69) is 31.6 Å². The number of aromatic nitrogens is 2. The summed E-state index contributed by atoms with van der Waals surface area (Å²) >= 11 is 1.32. The SMILES string of the molecule is N#Cc1cnc(Nc2cc(CN3CC[N-]CC3)ccn2)s1.[Ac]. The summed E-state index contributed by atoms with van der Waals surface area (Å²) in [7, 11) is 0. The van der Waals surface area contributed by atoms with Crippen LogP contribution >= 0.6 is 11.3 Å². The molecule has 2 aromatic heterocycles. The van der Waals surface area contributed by atoms with Crippen molar-refractivity contribution < 1.29 is 44.1 Å². The fraction of sp³-hybridized carbons (Fsp3) is 0.357. The van der Waals surface area contributed by atoms with Gasteiger partial charge < -0.3 is 15.5 Å². The first-order valence-electron chi connectivity index (χ1n) is 6.77. The van der Waals surface area contributed by atoms with Crippen LogP contribution in [0.3, 0.4) is 0 Å². The predicted molar refractivity (Wildman–Crippen MR) is 82.7 cm³/mol. The molecule has 1 radical (unpaired) electrons. The number of nitrogens with zero attached hydrogens (tertiary/aromatic N) is 5. The fourth-order valence-electron chi connectivity index (χ4n) is 2.20. The quantitative estimate of drug-likeness (QED) is 0.662. The Morgan fingerprint density at radius 3 is 2.91 bits per heavy atom. The molecular formula is C14H15AcN6S-. The Morgan fingerprint density at radius 2 is 2.18 bits per heavy atom. The Morgan fingerprint density at radius 1 is 1.36 bits per heavy atom. The van der Waals surface area contributed by atoms with E-state index in [0.717, 1.165) is 38.5 Å². The van der Waals surface area contributed by atoms with E-state index < -0.39 is 0 Å². The van der Waals surface area contributed by atoms with Crippen molar-refractivity contribution in [3.63, 3.8) is 0 Å². The van der Waals surface area contributed by atoms with Crippen LogP contribution in [0.5, 0.6) is 0 Å². The molecule has 0 aromatic carbocycles. The molecule has 8 heteroatoms. The minimum Gasteiger partial charge on any atom is -0.660 e. The standard InChI is InChI=1S/C14H15N6S.Ac/c15-8-12-9-18-14(21-12)19-13-7-11(1-2-17-13)10-20-5-3-16-4-6-20;/h1-2,7,9H,3-6,10H2,(H,17,18,19);/q-1;. The van der Waals surface area contributed by atoms with E-state index in [4.69, 9.17) is 5.26 Å². The zero-order valence-electron chi connectivity index (χ0n) is 12.1. The summed E-state index contributed by atoms with van der Waals surface area (Å²) in [5.74, 6) is 0.757. The van der Waals surface area contributed by atoms with Crippen molar-refractivity contribution in [2.45, 2.75) is 6.54 Å². The Balaban J connectivity index is 0.00000176. The van der Waals surface area contributed by atoms with Crippen LogP contribution < -0.4 is 5.32 Å². The minimum absolute atomic E-state index is 0. The molecular weight excluding hydrogens is 511 g/mol. The van der Waals surface area contributed by atoms with Crippen LogP contribution in [0.15, 0.2) is 24.5 Å². The summed E-state index contributed by atoms with van der Waals surface area (Å²) in [4.78, 5) is 11.4. The van der Waals surface area contributed by atoms with Crippen LogP contribution in [0.4, 0.5) is 10.9 Å². The van der Waals surface area contributed by atoms with Crippen LogP contribution in [-0.4, -0.2) is 41.0 Å². The van der Waals surface area contributed by atoms with Gasteiger partial charge in [0.1, 0.15) is 16.8 Å². The smallest absolute Gasteiger partial charge is 0.189 e. The molecule has 1 saturated heterocycles. The monoisotopic (exact) mass is 526 g/mol. The summed E-state index contributed by atoms with van der Waals surface area (Å²) in [5.41, 5.74) is 1.21. The molecule has 0 unspecified atom stereocenters. The first kappa shape index (κ1) is 17.8. The number of nitriles is 1. The Labute approximate surface area is 169 Å². The Bertz CT molecular complexity index is 647. The molecule has 3 heterocycles. The molecule has 1 N–H and O–H groups in total. The third-order valence-corrected chi connectivity index (χ3v) is 4.05. The number of piperazine rings is 1. The molecule has 0 atom stereocenters. The molecule has 1 aliphatic heterocycles. The van der Waals surface area contributed by atoms with Gasteiger partial charge >= 0.3 is 0 Å². The molecule has 111 valence electrons. The van der Waals surface area contributed by atoms with Crippen LogP contribution in [0.2, 0.25) is 0 Å². The number of thiazole rings is 1. The second-order valence-electron chi connectivity index (χ2n) is 4.76. The third kappa shape index (κ3) is 4.97. The van der Waals surface area contributed by atoms with E-state index in [1.54, 1.807) is 12.4 Å². The minimum atomic E-state index is 0. The van der Waals surface area contributed by atoms with E-state index in [9.17, 15) is 0 Å². The van der Waals surface area contributed by atoms with Gasteiger partial charge in [0.05, 0.1) is 6.20 Å². The second-order valence-corrected chi connectivity index (χ2v) is 5.79. The van der Waals surface area contributed by atoms with Gasteiger partial charge in [0.15, 0.2) is 5.13 Å². The van der Waals surface area contributed by atoms with Crippen molar-refractivity contribution in [1.82, 2.24) is 14.9 Å². The largest absolute Gasteiger partial charge is 0.660 e. The zero-order valence-corrected chi connectivity index (χ0v) is 17.6. The van der Waals surface area contributed by atoms with Crippen molar-refractivity contribution in [1.29, 1.82) is 5.26 Å². The molecule has 0 saturated carbocycles. The van der Waals surface area contributed by atoms with E-state index in [1.165, 1.54) is 16.9 Å². The molecule has 22 heavy (non-hydrogen) atoms. The van der Waals surface area contributed by atoms with Gasteiger partial charge in [0.25, 0.3) is 0 Å². The molecule has 1 aliphatic rings. The first-order chi connectivity index (χ1) is 10.3. The molecule has 0 bridgehead atoms. The van der Waals surface area contributed by atoms with Gasteiger partial charge in [-0.15, -0.1) is 13.1 Å². The number of rotatable bonds is 4. The van der Waals surface area contributed by atoms with Crippen molar-refractivity contribution in [3.05, 3.63) is 40.3 Å². The average molecular weight is 526 g/mol. The van der Waals surface area contributed by atoms with E-state index >= 15 is 0 Å². The van der Waals surface area contributed by atoms with Gasteiger partial charge in [0.2, 0.25) is 0 Å². The van der Waals surface area contributed by atoms with Crippen molar-refractivity contribution in [3.8, 4) is 6.07 Å². The van der Waals surface area contributed by atoms with Crippen molar-refractivity contribution >= 4 is 22.3 Å². The van der Waals surface area contributed by atoms with E-state index in [0.29, 0.717) is 10.0 Å². The molecule has 1 fully saturated rings. The van der Waals surface area contributed by atoms with E-state index in [-0.39, 0.29) is 44.1 Å². The molecule has 0 aliphatic carbocycles. The predicted octanol–water partition coefficient (Wildman–Crippen LogP) is 2.34. The van der Waals surface area contributed by atoms with Gasteiger partial charge in [0, 0.05) is 56.8 Å². The summed E-state index contributed by atoms with van der Waals surface area (Å²) in [6.07, 6.45) is 3.36. The zero-order chi connectivity index (χ0) is 14.5. The average Bonchev–Trinajstić information content (AvgIpc) is 2.96. The van der Waals surface area contributed by atoms with Gasteiger partial charge in [-0.1, -0.05) is 11.3 Å². The summed E-state index contributed by atoms with van der Waals surface area (Å²) in [5, 5.41) is 17.0. The maximum absolute atomic E-state index is 8.81. The number of pyridine rings is 1. The van der Waals surface area contributed by atoms with Crippen LogP contribution in [0, 0.1) is 55.4 Å². The topological polar surface area (TPSA) is 78.9 Å². The maximum atomic E-state index is 8.81. The molecule has 0 amide bonds.